The molecule has 0 radical (unpaired) electrons. The molecule has 1 aromatic rings. The molecular formula is C14H17BrO4. The second kappa shape index (κ2) is 8.69. The van der Waals surface area contributed by atoms with E-state index in [1.54, 1.807) is 0 Å². The van der Waals surface area contributed by atoms with E-state index in [2.05, 4.69) is 15.9 Å². The fraction of sp³-hybridized carbons (Fsp3) is 0.429. The maximum Gasteiger partial charge on any atom is 0.306 e. The van der Waals surface area contributed by atoms with E-state index in [1.807, 2.05) is 31.2 Å². The Morgan fingerprint density at radius 3 is 2.37 bits per heavy atom. The molecule has 0 saturated carbocycles. The number of carbonyl (C=O) groups excluding carboxylic acids is 2. The van der Waals surface area contributed by atoms with Crippen molar-refractivity contribution in [3.63, 3.8) is 0 Å². The van der Waals surface area contributed by atoms with Gasteiger partial charge in [0.05, 0.1) is 19.4 Å². The quantitative estimate of drug-likeness (QED) is 0.721. The SMILES string of the molecule is CCCOC(=O)CCC(=O)OCc1ccccc1Br. The third kappa shape index (κ3) is 6.38. The van der Waals surface area contributed by atoms with Gasteiger partial charge in [0, 0.05) is 10.0 Å². The van der Waals surface area contributed by atoms with Crippen LogP contribution in [-0.2, 0) is 25.7 Å². The summed E-state index contributed by atoms with van der Waals surface area (Å²) in [6.45, 7) is 2.51. The zero-order chi connectivity index (χ0) is 14.1. The molecule has 0 unspecified atom stereocenters. The standard InChI is InChI=1S/C14H17BrO4/c1-2-9-18-13(16)7-8-14(17)19-10-11-5-3-4-6-12(11)15/h3-6H,2,7-10H2,1H3. The van der Waals surface area contributed by atoms with Crippen molar-refractivity contribution in [1.82, 2.24) is 0 Å². The van der Waals surface area contributed by atoms with Gasteiger partial charge in [0.1, 0.15) is 6.61 Å². The van der Waals surface area contributed by atoms with E-state index in [-0.39, 0.29) is 25.4 Å². The van der Waals surface area contributed by atoms with Crippen LogP contribution in [0, 0.1) is 0 Å². The minimum atomic E-state index is -0.399. The molecule has 0 fully saturated rings. The number of esters is 2. The van der Waals surface area contributed by atoms with E-state index < -0.39 is 5.97 Å². The molecule has 0 heterocycles. The van der Waals surface area contributed by atoms with E-state index in [0.29, 0.717) is 6.61 Å². The van der Waals surface area contributed by atoms with Gasteiger partial charge >= 0.3 is 11.9 Å². The summed E-state index contributed by atoms with van der Waals surface area (Å²) in [5, 5.41) is 0. The van der Waals surface area contributed by atoms with Gasteiger partial charge in [-0.15, -0.1) is 0 Å². The fourth-order valence-electron chi connectivity index (χ4n) is 1.34. The van der Waals surface area contributed by atoms with Crippen LogP contribution < -0.4 is 0 Å². The molecule has 0 aliphatic heterocycles. The Hall–Kier alpha value is -1.36. The summed E-state index contributed by atoms with van der Waals surface area (Å²) in [5.41, 5.74) is 0.893. The van der Waals surface area contributed by atoms with Crippen LogP contribution in [0.5, 0.6) is 0 Å². The maximum atomic E-state index is 11.5. The topological polar surface area (TPSA) is 52.6 Å². The van der Waals surface area contributed by atoms with E-state index in [4.69, 9.17) is 9.47 Å². The Labute approximate surface area is 121 Å². The van der Waals surface area contributed by atoms with Gasteiger partial charge in [-0.2, -0.15) is 0 Å². The molecule has 1 rings (SSSR count). The highest BCUT2D eigenvalue weighted by Crippen LogP contribution is 2.16. The number of halogens is 1. The van der Waals surface area contributed by atoms with Crippen molar-refractivity contribution in [2.75, 3.05) is 6.61 Å². The monoisotopic (exact) mass is 328 g/mol. The molecule has 0 aliphatic carbocycles. The summed E-state index contributed by atoms with van der Waals surface area (Å²) in [7, 11) is 0. The lowest BCUT2D eigenvalue weighted by Crippen LogP contribution is -2.10. The first kappa shape index (κ1) is 15.7. The minimum Gasteiger partial charge on any atom is -0.466 e. The first-order chi connectivity index (χ1) is 9.13. The van der Waals surface area contributed by atoms with Gasteiger partial charge < -0.3 is 9.47 Å². The third-order valence-corrected chi connectivity index (χ3v) is 3.12. The number of benzene rings is 1. The summed E-state index contributed by atoms with van der Waals surface area (Å²) in [4.78, 5) is 22.7. The summed E-state index contributed by atoms with van der Waals surface area (Å²) in [5.74, 6) is -0.760. The normalized spacial score (nSPS) is 10.0. The average Bonchev–Trinajstić information content (AvgIpc) is 2.42. The highest BCUT2D eigenvalue weighted by Gasteiger charge is 2.09. The zero-order valence-corrected chi connectivity index (χ0v) is 12.4. The van der Waals surface area contributed by atoms with E-state index in [0.717, 1.165) is 16.5 Å². The summed E-state index contributed by atoms with van der Waals surface area (Å²) in [6, 6.07) is 7.51. The lowest BCUT2D eigenvalue weighted by atomic mass is 10.2. The van der Waals surface area contributed by atoms with E-state index >= 15 is 0 Å². The Kier molecular flexibility index (Phi) is 7.18. The van der Waals surface area contributed by atoms with Crippen LogP contribution in [0.15, 0.2) is 28.7 Å². The van der Waals surface area contributed by atoms with Crippen LogP contribution >= 0.6 is 15.9 Å². The minimum absolute atomic E-state index is 0.0486. The molecule has 0 saturated heterocycles. The smallest absolute Gasteiger partial charge is 0.306 e. The molecule has 0 aromatic heterocycles. The van der Waals surface area contributed by atoms with Gasteiger partial charge in [-0.25, -0.2) is 0 Å². The molecule has 0 N–H and O–H groups in total. The number of hydrogen-bond acceptors (Lipinski definition) is 4. The van der Waals surface area contributed by atoms with Crippen molar-refractivity contribution < 1.29 is 19.1 Å². The molecule has 0 spiro atoms. The summed E-state index contributed by atoms with van der Waals surface area (Å²) in [6.07, 6.45) is 0.889. The summed E-state index contributed by atoms with van der Waals surface area (Å²) < 4.78 is 10.8. The van der Waals surface area contributed by atoms with Gasteiger partial charge in [-0.05, 0) is 12.5 Å². The lowest BCUT2D eigenvalue weighted by molar-refractivity contribution is -0.151. The van der Waals surface area contributed by atoms with Crippen molar-refractivity contribution in [1.29, 1.82) is 0 Å². The van der Waals surface area contributed by atoms with Crippen molar-refractivity contribution in [2.45, 2.75) is 32.8 Å². The predicted molar refractivity (Wildman–Crippen MR) is 74.4 cm³/mol. The van der Waals surface area contributed by atoms with Crippen LogP contribution in [0.1, 0.15) is 31.7 Å². The van der Waals surface area contributed by atoms with Crippen LogP contribution in [-0.4, -0.2) is 18.5 Å². The van der Waals surface area contributed by atoms with Crippen molar-refractivity contribution >= 4 is 27.9 Å². The largest absolute Gasteiger partial charge is 0.466 e. The van der Waals surface area contributed by atoms with Crippen molar-refractivity contribution in [3.8, 4) is 0 Å². The fourth-order valence-corrected chi connectivity index (χ4v) is 1.74. The van der Waals surface area contributed by atoms with Gasteiger partial charge in [-0.1, -0.05) is 41.1 Å². The Balaban J connectivity index is 2.25. The molecule has 4 nitrogen and oxygen atoms in total. The van der Waals surface area contributed by atoms with Crippen molar-refractivity contribution in [2.24, 2.45) is 0 Å². The van der Waals surface area contributed by atoms with Gasteiger partial charge in [0.15, 0.2) is 0 Å². The first-order valence-corrected chi connectivity index (χ1v) is 6.97. The van der Waals surface area contributed by atoms with E-state index in [1.165, 1.54) is 0 Å². The predicted octanol–water partition coefficient (Wildman–Crippen LogP) is 3.23. The van der Waals surface area contributed by atoms with Crippen LogP contribution in [0.4, 0.5) is 0 Å². The second-order valence-electron chi connectivity index (χ2n) is 3.97. The number of ether oxygens (including phenoxy) is 2. The maximum absolute atomic E-state index is 11.5. The highest BCUT2D eigenvalue weighted by molar-refractivity contribution is 9.10. The number of hydrogen-bond donors (Lipinski definition) is 0. The molecule has 5 heteroatoms. The summed E-state index contributed by atoms with van der Waals surface area (Å²) >= 11 is 3.37. The Morgan fingerprint density at radius 1 is 1.11 bits per heavy atom. The van der Waals surface area contributed by atoms with Crippen LogP contribution in [0.25, 0.3) is 0 Å². The van der Waals surface area contributed by atoms with Gasteiger partial charge in [0.25, 0.3) is 0 Å². The zero-order valence-electron chi connectivity index (χ0n) is 10.9. The van der Waals surface area contributed by atoms with Crippen LogP contribution in [0.2, 0.25) is 0 Å². The Bertz CT molecular complexity index is 431. The highest BCUT2D eigenvalue weighted by atomic mass is 79.9. The molecule has 0 amide bonds. The molecule has 104 valence electrons. The molecule has 19 heavy (non-hydrogen) atoms. The van der Waals surface area contributed by atoms with Gasteiger partial charge in [-0.3, -0.25) is 9.59 Å². The van der Waals surface area contributed by atoms with E-state index in [9.17, 15) is 9.59 Å². The third-order valence-electron chi connectivity index (χ3n) is 2.35. The second-order valence-corrected chi connectivity index (χ2v) is 4.83. The first-order valence-electron chi connectivity index (χ1n) is 6.18. The number of rotatable bonds is 7. The van der Waals surface area contributed by atoms with Crippen LogP contribution in [0.3, 0.4) is 0 Å². The van der Waals surface area contributed by atoms with Gasteiger partial charge in [0.2, 0.25) is 0 Å². The average molecular weight is 329 g/mol. The number of carbonyl (C=O) groups is 2. The molecular weight excluding hydrogens is 312 g/mol. The lowest BCUT2D eigenvalue weighted by Gasteiger charge is -2.06. The molecule has 0 bridgehead atoms. The van der Waals surface area contributed by atoms with Crippen molar-refractivity contribution in [3.05, 3.63) is 34.3 Å². The molecule has 0 aliphatic rings. The molecule has 1 aromatic carbocycles. The Morgan fingerprint density at radius 2 is 1.74 bits per heavy atom. The molecule has 0 atom stereocenters.